The average Bonchev–Trinajstić information content (AvgIpc) is 3.25. The number of benzene rings is 1. The first-order valence-electron chi connectivity index (χ1n) is 9.00. The smallest absolute Gasteiger partial charge is 0.286 e. The zero-order valence-electron chi connectivity index (χ0n) is 16.2. The van der Waals surface area contributed by atoms with Crippen molar-refractivity contribution in [2.75, 3.05) is 9.80 Å². The van der Waals surface area contributed by atoms with E-state index in [0.717, 1.165) is 15.7 Å². The molecule has 1 aliphatic heterocycles. The number of halogens is 3. The summed E-state index contributed by atoms with van der Waals surface area (Å²) in [7, 11) is -4.84. The lowest BCUT2D eigenvalue weighted by Gasteiger charge is -2.23. The summed E-state index contributed by atoms with van der Waals surface area (Å²) >= 11 is 0.571. The second-order valence-electron chi connectivity index (χ2n) is 7.13. The van der Waals surface area contributed by atoms with Crippen LogP contribution < -0.4 is 9.80 Å². The van der Waals surface area contributed by atoms with Crippen LogP contribution >= 0.6 is 11.3 Å². The molecule has 1 N–H and O–H groups in total. The average molecular weight is 471 g/mol. The summed E-state index contributed by atoms with van der Waals surface area (Å²) in [5, 5.41) is -0.497. The van der Waals surface area contributed by atoms with Crippen molar-refractivity contribution in [3.63, 3.8) is 0 Å². The number of hydrogen-bond donors (Lipinski definition) is 1. The van der Waals surface area contributed by atoms with Gasteiger partial charge in [0.1, 0.15) is 5.00 Å². The van der Waals surface area contributed by atoms with Gasteiger partial charge >= 0.3 is 12.2 Å². The minimum Gasteiger partial charge on any atom is -0.286 e. The topological polar surface area (TPSA) is 90.8 Å². The van der Waals surface area contributed by atoms with Crippen molar-refractivity contribution in [2.45, 2.75) is 31.4 Å². The number of amides is 2. The third-order valence-corrected chi connectivity index (χ3v) is 7.36. The van der Waals surface area contributed by atoms with Crippen molar-refractivity contribution in [1.82, 2.24) is 4.98 Å². The molecule has 164 valence electrons. The zero-order valence-corrected chi connectivity index (χ0v) is 17.8. The van der Waals surface area contributed by atoms with Gasteiger partial charge in [-0.1, -0.05) is 18.2 Å². The van der Waals surface area contributed by atoms with Gasteiger partial charge in [0.15, 0.2) is 5.37 Å². The van der Waals surface area contributed by atoms with Gasteiger partial charge in [-0.25, -0.2) is 4.79 Å². The molecule has 12 heteroatoms. The molecule has 3 aromatic rings. The first kappa shape index (κ1) is 21.5. The second-order valence-corrected chi connectivity index (χ2v) is 9.53. The summed E-state index contributed by atoms with van der Waals surface area (Å²) < 4.78 is 73.3. The van der Waals surface area contributed by atoms with Crippen LogP contribution in [0.15, 0.2) is 41.9 Å². The Kier molecular flexibility index (Phi) is 4.98. The number of pyridine rings is 1. The van der Waals surface area contributed by atoms with Gasteiger partial charge in [-0.05, 0) is 31.5 Å². The van der Waals surface area contributed by atoms with Gasteiger partial charge in [0.2, 0.25) is 0 Å². The molecular weight excluding hydrogens is 455 g/mol. The molecule has 3 heterocycles. The van der Waals surface area contributed by atoms with Crippen LogP contribution in [0.2, 0.25) is 0 Å². The minimum atomic E-state index is -4.84. The Morgan fingerprint density at radius 1 is 1.19 bits per heavy atom. The molecule has 0 bridgehead atoms. The van der Waals surface area contributed by atoms with E-state index in [-0.39, 0.29) is 5.00 Å². The standard InChI is InChI=1S/C19H16F3N3O4S2/c1-10-13-5-3-4-6-14(13)23-8-15(10)24-11(2)17(31(27,28)29)25(18(24)26)16-7-12(9-30-16)19(20,21)22/h3-9,11,17H,1-2H3,(H,27,28,29). The number of hydrogen-bond acceptors (Lipinski definition) is 5. The van der Waals surface area contributed by atoms with E-state index in [1.807, 2.05) is 0 Å². The molecule has 2 atom stereocenters. The Morgan fingerprint density at radius 2 is 1.87 bits per heavy atom. The second kappa shape index (κ2) is 7.18. The lowest BCUT2D eigenvalue weighted by atomic mass is 10.1. The van der Waals surface area contributed by atoms with Gasteiger partial charge in [0.05, 0.1) is 29.0 Å². The molecule has 0 spiro atoms. The molecule has 0 aliphatic carbocycles. The third kappa shape index (κ3) is 3.54. The lowest BCUT2D eigenvalue weighted by molar-refractivity contribution is -0.137. The van der Waals surface area contributed by atoms with E-state index < -0.39 is 39.3 Å². The van der Waals surface area contributed by atoms with Crippen LogP contribution in [-0.4, -0.2) is 35.4 Å². The highest BCUT2D eigenvalue weighted by atomic mass is 32.2. The van der Waals surface area contributed by atoms with Gasteiger partial charge in [-0.2, -0.15) is 21.6 Å². The molecule has 1 fully saturated rings. The maximum atomic E-state index is 13.3. The quantitative estimate of drug-likeness (QED) is 0.561. The molecule has 1 saturated heterocycles. The van der Waals surface area contributed by atoms with Crippen LogP contribution in [0.3, 0.4) is 0 Å². The van der Waals surface area contributed by atoms with Gasteiger partial charge in [-0.15, -0.1) is 11.3 Å². The SMILES string of the molecule is Cc1c(N2C(=O)N(c3cc(C(F)(F)F)cs3)C(S(=O)(=O)O)C2C)cnc2ccccc12. The monoisotopic (exact) mass is 471 g/mol. The van der Waals surface area contributed by atoms with Crippen molar-refractivity contribution in [2.24, 2.45) is 0 Å². The van der Waals surface area contributed by atoms with E-state index in [0.29, 0.717) is 39.1 Å². The molecule has 4 rings (SSSR count). The van der Waals surface area contributed by atoms with Crippen molar-refractivity contribution in [1.29, 1.82) is 0 Å². The van der Waals surface area contributed by atoms with Gasteiger partial charge in [0, 0.05) is 10.8 Å². The molecule has 2 unspecified atom stereocenters. The normalized spacial score (nSPS) is 20.1. The van der Waals surface area contributed by atoms with E-state index in [9.17, 15) is 30.9 Å². The summed E-state index contributed by atoms with van der Waals surface area (Å²) in [5.74, 6) is 0. The summed E-state index contributed by atoms with van der Waals surface area (Å²) in [6.45, 7) is 3.14. The number of carbonyl (C=O) groups is 1. The molecule has 2 amide bonds. The van der Waals surface area contributed by atoms with Gasteiger partial charge in [-0.3, -0.25) is 19.3 Å². The number of aromatic nitrogens is 1. The Bertz CT molecular complexity index is 1290. The predicted octanol–water partition coefficient (Wildman–Crippen LogP) is 4.67. The molecule has 0 saturated carbocycles. The highest BCUT2D eigenvalue weighted by Gasteiger charge is 2.52. The van der Waals surface area contributed by atoms with Crippen LogP contribution in [-0.2, 0) is 16.3 Å². The number of thiophene rings is 1. The van der Waals surface area contributed by atoms with E-state index >= 15 is 0 Å². The fourth-order valence-electron chi connectivity index (χ4n) is 3.78. The highest BCUT2D eigenvalue weighted by molar-refractivity contribution is 7.86. The number of anilines is 2. The maximum absolute atomic E-state index is 13.3. The molecule has 1 aromatic carbocycles. The predicted molar refractivity (Wildman–Crippen MR) is 111 cm³/mol. The molecule has 2 aromatic heterocycles. The van der Waals surface area contributed by atoms with Gasteiger partial charge in [0.25, 0.3) is 10.1 Å². The van der Waals surface area contributed by atoms with Crippen molar-refractivity contribution >= 4 is 49.1 Å². The number of alkyl halides is 3. The number of urea groups is 1. The third-order valence-electron chi connectivity index (χ3n) is 5.22. The van der Waals surface area contributed by atoms with E-state index in [2.05, 4.69) is 4.98 Å². The molecular formula is C19H16F3N3O4S2. The highest BCUT2D eigenvalue weighted by Crippen LogP contribution is 2.42. The van der Waals surface area contributed by atoms with E-state index in [1.165, 1.54) is 13.1 Å². The van der Waals surface area contributed by atoms with Crippen molar-refractivity contribution < 1.29 is 30.9 Å². The summed E-state index contributed by atoms with van der Waals surface area (Å²) in [5.41, 5.74) is 0.604. The number of para-hydroxylation sites is 1. The Morgan fingerprint density at radius 3 is 2.48 bits per heavy atom. The molecule has 31 heavy (non-hydrogen) atoms. The number of carbonyl (C=O) groups excluding carboxylic acids is 1. The maximum Gasteiger partial charge on any atom is 0.417 e. The van der Waals surface area contributed by atoms with Crippen molar-refractivity contribution in [3.8, 4) is 0 Å². The Balaban J connectivity index is 1.86. The van der Waals surface area contributed by atoms with E-state index in [1.54, 1.807) is 31.2 Å². The van der Waals surface area contributed by atoms with Crippen LogP contribution in [0.25, 0.3) is 10.9 Å². The van der Waals surface area contributed by atoms with Gasteiger partial charge < -0.3 is 0 Å². The Hall–Kier alpha value is -2.70. The van der Waals surface area contributed by atoms with Crippen LogP contribution in [0.1, 0.15) is 18.1 Å². The first-order chi connectivity index (χ1) is 14.4. The Labute approximate surface area is 179 Å². The minimum absolute atomic E-state index is 0.235. The van der Waals surface area contributed by atoms with Crippen LogP contribution in [0.5, 0.6) is 0 Å². The van der Waals surface area contributed by atoms with Crippen molar-refractivity contribution in [3.05, 3.63) is 53.0 Å². The summed E-state index contributed by atoms with van der Waals surface area (Å²) in [4.78, 5) is 19.4. The number of aryl methyl sites for hydroxylation is 1. The first-order valence-corrected chi connectivity index (χ1v) is 11.4. The fraction of sp³-hybridized carbons (Fsp3) is 0.263. The fourth-order valence-corrected chi connectivity index (χ4v) is 5.88. The molecule has 1 aliphatic rings. The van der Waals surface area contributed by atoms with Crippen LogP contribution in [0.4, 0.5) is 28.7 Å². The summed E-state index contributed by atoms with van der Waals surface area (Å²) in [6.07, 6.45) is -3.25. The largest absolute Gasteiger partial charge is 0.417 e. The number of rotatable bonds is 3. The van der Waals surface area contributed by atoms with E-state index in [4.69, 9.17) is 0 Å². The molecule has 7 nitrogen and oxygen atoms in total. The number of fused-ring (bicyclic) bond motifs is 1. The van der Waals surface area contributed by atoms with Crippen LogP contribution in [0, 0.1) is 6.92 Å². The summed E-state index contributed by atoms with van der Waals surface area (Å²) in [6, 6.07) is 5.88. The number of nitrogens with zero attached hydrogens (tertiary/aromatic N) is 3. The zero-order chi connectivity index (χ0) is 22.7. The molecule has 0 radical (unpaired) electrons. The lowest BCUT2D eigenvalue weighted by Crippen LogP contribution is -2.42.